The summed E-state index contributed by atoms with van der Waals surface area (Å²) >= 11 is 0. The van der Waals surface area contributed by atoms with E-state index in [0.29, 0.717) is 0 Å². The zero-order valence-corrected chi connectivity index (χ0v) is 4.55. The van der Waals surface area contributed by atoms with Crippen molar-refractivity contribution in [2.45, 2.75) is 13.3 Å². The van der Waals surface area contributed by atoms with Crippen LogP contribution < -0.4 is 0 Å². The lowest BCUT2D eigenvalue weighted by molar-refractivity contribution is -0.140. The highest BCUT2D eigenvalue weighted by Gasteiger charge is 2.08. The SMILES string of the molecule is CC(C[C]=O)C(=O)O. The average Bonchev–Trinajstić information content (AvgIpc) is 1.67. The molecule has 8 heavy (non-hydrogen) atoms. The van der Waals surface area contributed by atoms with Crippen LogP contribution in [0.25, 0.3) is 0 Å². The molecule has 0 rings (SSSR count). The van der Waals surface area contributed by atoms with Gasteiger partial charge in [-0.25, -0.2) is 0 Å². The van der Waals surface area contributed by atoms with Crippen LogP contribution >= 0.6 is 0 Å². The monoisotopic (exact) mass is 115 g/mol. The van der Waals surface area contributed by atoms with Crippen molar-refractivity contribution < 1.29 is 14.7 Å². The Balaban J connectivity index is 3.46. The van der Waals surface area contributed by atoms with E-state index in [4.69, 9.17) is 5.11 Å². The minimum atomic E-state index is -0.951. The van der Waals surface area contributed by atoms with Crippen LogP contribution in [-0.4, -0.2) is 17.4 Å². The van der Waals surface area contributed by atoms with Gasteiger partial charge in [-0.3, -0.25) is 9.59 Å². The van der Waals surface area contributed by atoms with Crippen molar-refractivity contribution in [2.75, 3.05) is 0 Å². The van der Waals surface area contributed by atoms with Crippen LogP contribution in [0.15, 0.2) is 0 Å². The molecule has 1 atom stereocenters. The maximum Gasteiger partial charge on any atom is 0.306 e. The molecule has 0 saturated carbocycles. The lowest BCUT2D eigenvalue weighted by Crippen LogP contribution is -2.09. The van der Waals surface area contributed by atoms with Gasteiger partial charge in [-0.1, -0.05) is 6.92 Å². The lowest BCUT2D eigenvalue weighted by atomic mass is 10.1. The van der Waals surface area contributed by atoms with Crippen molar-refractivity contribution in [1.82, 2.24) is 0 Å². The lowest BCUT2D eigenvalue weighted by Gasteiger charge is -1.95. The van der Waals surface area contributed by atoms with Crippen LogP contribution in [0, 0.1) is 5.92 Å². The quantitative estimate of drug-likeness (QED) is 0.571. The molecule has 0 amide bonds. The third kappa shape index (κ3) is 2.34. The summed E-state index contributed by atoms with van der Waals surface area (Å²) in [6.07, 6.45) is 1.50. The Bertz CT molecular complexity index is 97.8. The van der Waals surface area contributed by atoms with Crippen molar-refractivity contribution in [2.24, 2.45) is 5.92 Å². The van der Waals surface area contributed by atoms with Gasteiger partial charge >= 0.3 is 5.97 Å². The van der Waals surface area contributed by atoms with Gasteiger partial charge in [0.1, 0.15) is 0 Å². The summed E-state index contributed by atoms with van der Waals surface area (Å²) in [6.45, 7) is 1.47. The molecule has 1 radical (unpaired) electrons. The van der Waals surface area contributed by atoms with E-state index in [-0.39, 0.29) is 6.42 Å². The molecule has 0 aromatic rings. The van der Waals surface area contributed by atoms with Crippen LogP contribution in [-0.2, 0) is 9.59 Å². The maximum atomic E-state index is 9.91. The van der Waals surface area contributed by atoms with Gasteiger partial charge in [-0.2, -0.15) is 0 Å². The van der Waals surface area contributed by atoms with Gasteiger partial charge in [0.25, 0.3) is 0 Å². The van der Waals surface area contributed by atoms with E-state index in [2.05, 4.69) is 0 Å². The van der Waals surface area contributed by atoms with E-state index in [1.807, 2.05) is 0 Å². The minimum Gasteiger partial charge on any atom is -0.481 e. The first-order valence-corrected chi connectivity index (χ1v) is 2.26. The van der Waals surface area contributed by atoms with Crippen molar-refractivity contribution in [3.63, 3.8) is 0 Å². The predicted molar refractivity (Wildman–Crippen MR) is 27.1 cm³/mol. The third-order valence-corrected chi connectivity index (χ3v) is 0.811. The van der Waals surface area contributed by atoms with Crippen molar-refractivity contribution >= 4 is 12.3 Å². The maximum absolute atomic E-state index is 9.91. The molecular weight excluding hydrogens is 108 g/mol. The van der Waals surface area contributed by atoms with Crippen LogP contribution in [0.5, 0.6) is 0 Å². The summed E-state index contributed by atoms with van der Waals surface area (Å²) in [7, 11) is 0. The number of aliphatic carboxylic acids is 1. The van der Waals surface area contributed by atoms with E-state index in [0.717, 1.165) is 0 Å². The summed E-state index contributed by atoms with van der Waals surface area (Å²) in [4.78, 5) is 19.4. The first-order chi connectivity index (χ1) is 3.68. The van der Waals surface area contributed by atoms with Gasteiger partial charge in [0.2, 0.25) is 0 Å². The van der Waals surface area contributed by atoms with Crippen molar-refractivity contribution in [3.8, 4) is 0 Å². The molecule has 0 aliphatic carbocycles. The number of hydrogen-bond donors (Lipinski definition) is 1. The number of carboxylic acids is 1. The van der Waals surface area contributed by atoms with Crippen molar-refractivity contribution in [3.05, 3.63) is 0 Å². The van der Waals surface area contributed by atoms with E-state index < -0.39 is 11.9 Å². The molecule has 0 spiro atoms. The molecule has 1 N–H and O–H groups in total. The molecule has 0 aliphatic heterocycles. The highest BCUT2D eigenvalue weighted by atomic mass is 16.4. The standard InChI is InChI=1S/C5H7O3/c1-4(2-3-6)5(7)8/h4H,2H2,1H3,(H,7,8). The zero-order chi connectivity index (χ0) is 6.57. The van der Waals surface area contributed by atoms with Gasteiger partial charge in [0.05, 0.1) is 5.92 Å². The Morgan fingerprint density at radius 2 is 2.38 bits per heavy atom. The minimum absolute atomic E-state index is 0.0185. The van der Waals surface area contributed by atoms with Gasteiger partial charge in [-0.05, 0) is 0 Å². The fourth-order valence-corrected chi connectivity index (χ4v) is 0.212. The second kappa shape index (κ2) is 3.18. The predicted octanol–water partition coefficient (Wildman–Crippen LogP) is 0.207. The topological polar surface area (TPSA) is 54.4 Å². The highest BCUT2D eigenvalue weighted by Crippen LogP contribution is 1.96. The summed E-state index contributed by atoms with van der Waals surface area (Å²) in [5.41, 5.74) is 0. The fourth-order valence-electron chi connectivity index (χ4n) is 0.212. The van der Waals surface area contributed by atoms with E-state index in [1.54, 1.807) is 0 Å². The first kappa shape index (κ1) is 7.14. The Morgan fingerprint density at radius 3 is 2.50 bits per heavy atom. The molecule has 0 saturated heterocycles. The normalized spacial score (nSPS) is 12.6. The smallest absolute Gasteiger partial charge is 0.306 e. The zero-order valence-electron chi connectivity index (χ0n) is 4.55. The molecule has 3 heteroatoms. The number of carbonyl (C=O) groups excluding carboxylic acids is 1. The molecule has 0 aromatic carbocycles. The number of rotatable bonds is 3. The molecule has 0 fully saturated rings. The molecule has 45 valence electrons. The second-order valence-corrected chi connectivity index (χ2v) is 1.59. The van der Waals surface area contributed by atoms with E-state index >= 15 is 0 Å². The Morgan fingerprint density at radius 1 is 1.88 bits per heavy atom. The Labute approximate surface area is 47.3 Å². The number of hydrogen-bond acceptors (Lipinski definition) is 2. The van der Waals surface area contributed by atoms with Gasteiger partial charge < -0.3 is 5.11 Å². The Kier molecular flexibility index (Phi) is 2.84. The van der Waals surface area contributed by atoms with Gasteiger partial charge in [-0.15, -0.1) is 0 Å². The highest BCUT2D eigenvalue weighted by molar-refractivity contribution is 5.73. The average molecular weight is 115 g/mol. The molecule has 1 unspecified atom stereocenters. The largest absolute Gasteiger partial charge is 0.481 e. The molecular formula is C5H7O3. The van der Waals surface area contributed by atoms with Crippen LogP contribution in [0.1, 0.15) is 13.3 Å². The van der Waals surface area contributed by atoms with Crippen LogP contribution in [0.4, 0.5) is 0 Å². The van der Waals surface area contributed by atoms with Crippen LogP contribution in [0.2, 0.25) is 0 Å². The van der Waals surface area contributed by atoms with E-state index in [1.165, 1.54) is 13.2 Å². The molecule has 0 heterocycles. The molecule has 0 bridgehead atoms. The van der Waals surface area contributed by atoms with Crippen molar-refractivity contribution in [1.29, 1.82) is 0 Å². The van der Waals surface area contributed by atoms with Gasteiger partial charge in [0, 0.05) is 6.42 Å². The number of carbonyl (C=O) groups is 1. The third-order valence-electron chi connectivity index (χ3n) is 0.811. The van der Waals surface area contributed by atoms with E-state index in [9.17, 15) is 9.59 Å². The second-order valence-electron chi connectivity index (χ2n) is 1.59. The summed E-state index contributed by atoms with van der Waals surface area (Å²) < 4.78 is 0. The summed E-state index contributed by atoms with van der Waals surface area (Å²) in [5, 5.41) is 8.13. The van der Waals surface area contributed by atoms with Gasteiger partial charge in [0.15, 0.2) is 6.29 Å². The molecule has 0 aromatic heterocycles. The first-order valence-electron chi connectivity index (χ1n) is 2.26. The fraction of sp³-hybridized carbons (Fsp3) is 0.600. The Hall–Kier alpha value is -0.860. The molecule has 3 nitrogen and oxygen atoms in total. The number of carboxylic acid groups (broad SMARTS) is 1. The van der Waals surface area contributed by atoms with Crippen LogP contribution in [0.3, 0.4) is 0 Å². The summed E-state index contributed by atoms with van der Waals surface area (Å²) in [6, 6.07) is 0. The summed E-state index contributed by atoms with van der Waals surface area (Å²) in [5.74, 6) is -1.54. The molecule has 0 aliphatic rings.